The summed E-state index contributed by atoms with van der Waals surface area (Å²) >= 11 is 0. The third kappa shape index (κ3) is 3.27. The minimum Gasteiger partial charge on any atom is -0.361 e. The van der Waals surface area contributed by atoms with Gasteiger partial charge in [-0.15, -0.1) is 0 Å². The van der Waals surface area contributed by atoms with Gasteiger partial charge in [0.05, 0.1) is 6.54 Å². The number of carbonyl (C=O) groups is 2. The number of nitrogens with one attached hydrogen (secondary N) is 3. The van der Waals surface area contributed by atoms with Crippen LogP contribution in [-0.4, -0.2) is 25.9 Å². The molecular weight excluding hydrogens is 338 g/mol. The Morgan fingerprint density at radius 2 is 1.81 bits per heavy atom. The maximum Gasteiger partial charge on any atom is 0.330 e. The first kappa shape index (κ1) is 17.2. The maximum atomic E-state index is 12.0. The zero-order chi connectivity index (χ0) is 18.8. The van der Waals surface area contributed by atoms with Gasteiger partial charge in [0.1, 0.15) is 0 Å². The molecule has 2 aromatic heterocycles. The summed E-state index contributed by atoms with van der Waals surface area (Å²) in [6.45, 7) is -0.120. The number of hydrogen-bond acceptors (Lipinski definition) is 4. The molecule has 0 unspecified atom stereocenters. The lowest BCUT2D eigenvalue weighted by Crippen LogP contribution is -2.41. The van der Waals surface area contributed by atoms with Crippen molar-refractivity contribution in [2.45, 2.75) is 6.54 Å². The monoisotopic (exact) mass is 355 g/mol. The van der Waals surface area contributed by atoms with E-state index in [4.69, 9.17) is 0 Å². The number of hydrogen-bond donors (Lipinski definition) is 3. The third-order valence-corrected chi connectivity index (χ3v) is 4.07. The Kier molecular flexibility index (Phi) is 4.44. The Labute approximate surface area is 147 Å². The van der Waals surface area contributed by atoms with Crippen LogP contribution >= 0.6 is 0 Å². The van der Waals surface area contributed by atoms with Crippen molar-refractivity contribution in [3.63, 3.8) is 0 Å². The highest BCUT2D eigenvalue weighted by Gasteiger charge is 2.15. The SMILES string of the molecule is Cn1c(CNC(=O)C(=O)Nc2ccc3[nH]ccc3c2)cc(=O)n(C)c1=O. The summed E-state index contributed by atoms with van der Waals surface area (Å²) in [5.41, 5.74) is 0.706. The summed E-state index contributed by atoms with van der Waals surface area (Å²) < 4.78 is 2.19. The number of fused-ring (bicyclic) bond motifs is 1. The van der Waals surface area contributed by atoms with E-state index in [1.165, 1.54) is 24.7 Å². The number of nitrogens with zero attached hydrogens (tertiary/aromatic N) is 2. The van der Waals surface area contributed by atoms with Crippen molar-refractivity contribution in [1.29, 1.82) is 0 Å². The standard InChI is InChI=1S/C17H17N5O4/c1-21-12(8-14(23)22(2)17(21)26)9-19-15(24)16(25)20-11-3-4-13-10(7-11)5-6-18-13/h3-8,18H,9H2,1-2H3,(H,19,24)(H,20,25). The highest BCUT2D eigenvalue weighted by molar-refractivity contribution is 6.39. The molecular formula is C17H17N5O4. The molecule has 0 spiro atoms. The van der Waals surface area contributed by atoms with E-state index in [1.54, 1.807) is 24.4 Å². The fourth-order valence-corrected chi connectivity index (χ4v) is 2.52. The molecule has 26 heavy (non-hydrogen) atoms. The molecule has 0 radical (unpaired) electrons. The first-order valence-corrected chi connectivity index (χ1v) is 7.79. The van der Waals surface area contributed by atoms with E-state index >= 15 is 0 Å². The molecule has 2 amide bonds. The molecule has 0 aliphatic heterocycles. The van der Waals surface area contributed by atoms with Gasteiger partial charge in [-0.05, 0) is 24.3 Å². The van der Waals surface area contributed by atoms with Gasteiger partial charge in [0.2, 0.25) is 0 Å². The van der Waals surface area contributed by atoms with Gasteiger partial charge in [-0.1, -0.05) is 0 Å². The second-order valence-corrected chi connectivity index (χ2v) is 5.79. The predicted octanol–water partition coefficient (Wildman–Crippen LogP) is -0.180. The van der Waals surface area contributed by atoms with Crippen LogP contribution in [0.3, 0.4) is 0 Å². The van der Waals surface area contributed by atoms with Crippen molar-refractivity contribution in [2.24, 2.45) is 14.1 Å². The topological polar surface area (TPSA) is 118 Å². The van der Waals surface area contributed by atoms with Gasteiger partial charge in [-0.2, -0.15) is 0 Å². The zero-order valence-electron chi connectivity index (χ0n) is 14.2. The predicted molar refractivity (Wildman–Crippen MR) is 95.7 cm³/mol. The number of carbonyl (C=O) groups excluding carboxylic acids is 2. The van der Waals surface area contributed by atoms with Gasteiger partial charge in [0.15, 0.2) is 0 Å². The highest BCUT2D eigenvalue weighted by atomic mass is 16.2. The molecule has 0 saturated heterocycles. The number of benzene rings is 1. The van der Waals surface area contributed by atoms with Gasteiger partial charge in [-0.25, -0.2) is 4.79 Å². The molecule has 9 nitrogen and oxygen atoms in total. The van der Waals surface area contributed by atoms with E-state index in [0.29, 0.717) is 11.4 Å². The summed E-state index contributed by atoms with van der Waals surface area (Å²) in [6, 6.07) is 8.29. The van der Waals surface area contributed by atoms with Crippen molar-refractivity contribution in [3.05, 3.63) is 63.1 Å². The average molecular weight is 355 g/mol. The molecule has 0 aliphatic carbocycles. The summed E-state index contributed by atoms with van der Waals surface area (Å²) in [5, 5.41) is 5.81. The largest absolute Gasteiger partial charge is 0.361 e. The highest BCUT2D eigenvalue weighted by Crippen LogP contribution is 2.17. The van der Waals surface area contributed by atoms with E-state index in [1.807, 2.05) is 6.07 Å². The molecule has 9 heteroatoms. The molecule has 0 fully saturated rings. The van der Waals surface area contributed by atoms with Crippen LogP contribution in [0.2, 0.25) is 0 Å². The van der Waals surface area contributed by atoms with Crippen LogP contribution in [0.5, 0.6) is 0 Å². The van der Waals surface area contributed by atoms with E-state index in [9.17, 15) is 19.2 Å². The quantitative estimate of drug-likeness (QED) is 0.565. The van der Waals surface area contributed by atoms with Gasteiger partial charge < -0.3 is 15.6 Å². The summed E-state index contributed by atoms with van der Waals surface area (Å²) in [5.74, 6) is -1.71. The first-order valence-electron chi connectivity index (χ1n) is 7.79. The Hall–Kier alpha value is -3.62. The van der Waals surface area contributed by atoms with Gasteiger partial charge in [-0.3, -0.25) is 23.5 Å². The number of aromatic amines is 1. The first-order chi connectivity index (χ1) is 12.4. The summed E-state index contributed by atoms with van der Waals surface area (Å²) in [4.78, 5) is 50.5. The minimum absolute atomic E-state index is 0.120. The molecule has 0 saturated carbocycles. The number of anilines is 1. The molecule has 0 aliphatic rings. The van der Waals surface area contributed by atoms with Crippen molar-refractivity contribution in [2.75, 3.05) is 5.32 Å². The fraction of sp³-hybridized carbons (Fsp3) is 0.176. The van der Waals surface area contributed by atoms with E-state index in [2.05, 4.69) is 15.6 Å². The lowest BCUT2D eigenvalue weighted by molar-refractivity contribution is -0.136. The third-order valence-electron chi connectivity index (χ3n) is 4.07. The molecule has 3 aromatic rings. The second-order valence-electron chi connectivity index (χ2n) is 5.79. The fourth-order valence-electron chi connectivity index (χ4n) is 2.52. The molecule has 2 heterocycles. The number of aromatic nitrogens is 3. The Balaban J connectivity index is 1.67. The van der Waals surface area contributed by atoms with Crippen LogP contribution in [0.4, 0.5) is 5.69 Å². The maximum absolute atomic E-state index is 12.0. The van der Waals surface area contributed by atoms with Crippen LogP contribution in [0.15, 0.2) is 46.1 Å². The Morgan fingerprint density at radius 1 is 1.04 bits per heavy atom. The van der Waals surface area contributed by atoms with Crippen LogP contribution < -0.4 is 21.9 Å². The lowest BCUT2D eigenvalue weighted by atomic mass is 10.2. The number of amides is 2. The van der Waals surface area contributed by atoms with Crippen molar-refractivity contribution >= 4 is 28.4 Å². The van der Waals surface area contributed by atoms with Crippen molar-refractivity contribution in [3.8, 4) is 0 Å². The van der Waals surface area contributed by atoms with Gasteiger partial charge >= 0.3 is 17.5 Å². The normalized spacial score (nSPS) is 10.7. The lowest BCUT2D eigenvalue weighted by Gasteiger charge is -2.10. The van der Waals surface area contributed by atoms with Crippen molar-refractivity contribution in [1.82, 2.24) is 19.4 Å². The van der Waals surface area contributed by atoms with Crippen LogP contribution in [0.25, 0.3) is 10.9 Å². The van der Waals surface area contributed by atoms with Crippen LogP contribution in [0, 0.1) is 0 Å². The molecule has 3 rings (SSSR count). The van der Waals surface area contributed by atoms with Crippen molar-refractivity contribution < 1.29 is 9.59 Å². The Bertz CT molecular complexity index is 1120. The second kappa shape index (κ2) is 6.71. The molecule has 1 aromatic carbocycles. The minimum atomic E-state index is -0.868. The van der Waals surface area contributed by atoms with E-state index in [-0.39, 0.29) is 6.54 Å². The molecule has 134 valence electrons. The summed E-state index contributed by atoms with van der Waals surface area (Å²) in [6.07, 6.45) is 1.78. The average Bonchev–Trinajstić information content (AvgIpc) is 3.09. The van der Waals surface area contributed by atoms with E-state index in [0.717, 1.165) is 15.5 Å². The van der Waals surface area contributed by atoms with Crippen LogP contribution in [0.1, 0.15) is 5.69 Å². The number of H-pyrrole nitrogens is 1. The Morgan fingerprint density at radius 3 is 2.58 bits per heavy atom. The summed E-state index contributed by atoms with van der Waals surface area (Å²) in [7, 11) is 2.84. The molecule has 0 atom stereocenters. The molecule has 3 N–H and O–H groups in total. The number of rotatable bonds is 3. The smallest absolute Gasteiger partial charge is 0.330 e. The van der Waals surface area contributed by atoms with Gasteiger partial charge in [0.25, 0.3) is 5.56 Å². The van der Waals surface area contributed by atoms with E-state index < -0.39 is 23.1 Å². The van der Waals surface area contributed by atoms with Gasteiger partial charge in [0, 0.05) is 48.6 Å². The molecule has 0 bridgehead atoms. The van der Waals surface area contributed by atoms with Crippen LogP contribution in [-0.2, 0) is 30.2 Å². The zero-order valence-corrected chi connectivity index (χ0v) is 14.2.